The van der Waals surface area contributed by atoms with Crippen LogP contribution in [0.2, 0.25) is 5.54 Å². The standard InChI is InChI=1S/C13H30O2Si/c1-9-11(10-2)16(14-12(3,4)5)15-13(6,7)8/h11,16H,9-10H2,1-8H3. The molecule has 0 fully saturated rings. The second kappa shape index (κ2) is 6.17. The SMILES string of the molecule is CCC(CC)[SiH](OC(C)(C)C)OC(C)(C)C. The predicted molar refractivity (Wildman–Crippen MR) is 73.2 cm³/mol. The van der Waals surface area contributed by atoms with Crippen LogP contribution < -0.4 is 0 Å². The molecule has 0 radical (unpaired) electrons. The third-order valence-corrected chi connectivity index (χ3v) is 5.96. The minimum atomic E-state index is -1.60. The van der Waals surface area contributed by atoms with Gasteiger partial charge in [0.2, 0.25) is 0 Å². The summed E-state index contributed by atoms with van der Waals surface area (Å²) in [6.07, 6.45) is 2.30. The van der Waals surface area contributed by atoms with E-state index in [0.717, 1.165) is 12.8 Å². The summed E-state index contributed by atoms with van der Waals surface area (Å²) in [6, 6.07) is 0. The molecule has 0 spiro atoms. The second-order valence-corrected chi connectivity index (χ2v) is 8.56. The van der Waals surface area contributed by atoms with Gasteiger partial charge >= 0.3 is 9.28 Å². The quantitative estimate of drug-likeness (QED) is 0.682. The van der Waals surface area contributed by atoms with E-state index in [1.807, 2.05) is 0 Å². The predicted octanol–water partition coefficient (Wildman–Crippen LogP) is 4.03. The fourth-order valence-electron chi connectivity index (χ4n) is 1.59. The van der Waals surface area contributed by atoms with E-state index < -0.39 is 9.28 Å². The van der Waals surface area contributed by atoms with Gasteiger partial charge in [0.15, 0.2) is 0 Å². The summed E-state index contributed by atoms with van der Waals surface area (Å²) in [5.41, 5.74) is 0.425. The van der Waals surface area contributed by atoms with E-state index in [9.17, 15) is 0 Å². The van der Waals surface area contributed by atoms with Crippen molar-refractivity contribution in [2.24, 2.45) is 0 Å². The summed E-state index contributed by atoms with van der Waals surface area (Å²) >= 11 is 0. The zero-order valence-corrected chi connectivity index (χ0v) is 13.5. The van der Waals surface area contributed by atoms with Crippen molar-refractivity contribution in [2.75, 3.05) is 0 Å². The monoisotopic (exact) mass is 246 g/mol. The topological polar surface area (TPSA) is 18.5 Å². The van der Waals surface area contributed by atoms with Crippen molar-refractivity contribution in [3.05, 3.63) is 0 Å². The Morgan fingerprint density at radius 2 is 1.12 bits per heavy atom. The van der Waals surface area contributed by atoms with E-state index in [2.05, 4.69) is 55.4 Å². The maximum atomic E-state index is 6.17. The molecule has 0 aromatic heterocycles. The number of rotatable bonds is 5. The Morgan fingerprint density at radius 3 is 1.31 bits per heavy atom. The lowest BCUT2D eigenvalue weighted by Gasteiger charge is -2.35. The fraction of sp³-hybridized carbons (Fsp3) is 1.00. The van der Waals surface area contributed by atoms with E-state index in [1.165, 1.54) is 0 Å². The van der Waals surface area contributed by atoms with Crippen molar-refractivity contribution in [1.29, 1.82) is 0 Å². The smallest absolute Gasteiger partial charge is 0.325 e. The van der Waals surface area contributed by atoms with E-state index >= 15 is 0 Å². The molecule has 0 saturated heterocycles. The van der Waals surface area contributed by atoms with Gasteiger partial charge in [-0.15, -0.1) is 0 Å². The normalized spacial score (nSPS) is 13.9. The average Bonchev–Trinajstić information content (AvgIpc) is 1.99. The molecule has 0 rings (SSSR count). The first-order valence-corrected chi connectivity index (χ1v) is 8.05. The first-order valence-electron chi connectivity index (χ1n) is 6.44. The molecule has 0 unspecified atom stereocenters. The third kappa shape index (κ3) is 7.42. The van der Waals surface area contributed by atoms with Crippen LogP contribution in [0.3, 0.4) is 0 Å². The molecule has 16 heavy (non-hydrogen) atoms. The second-order valence-electron chi connectivity index (χ2n) is 6.41. The van der Waals surface area contributed by atoms with Crippen molar-refractivity contribution < 1.29 is 8.85 Å². The zero-order chi connectivity index (χ0) is 13.0. The molecule has 0 aliphatic heterocycles. The zero-order valence-electron chi connectivity index (χ0n) is 12.4. The van der Waals surface area contributed by atoms with Gasteiger partial charge < -0.3 is 8.85 Å². The Bertz CT molecular complexity index is 171. The highest BCUT2D eigenvalue weighted by Crippen LogP contribution is 2.27. The lowest BCUT2D eigenvalue weighted by Crippen LogP contribution is -2.41. The summed E-state index contributed by atoms with van der Waals surface area (Å²) in [7, 11) is -1.60. The average molecular weight is 246 g/mol. The Morgan fingerprint density at radius 1 is 0.812 bits per heavy atom. The van der Waals surface area contributed by atoms with Crippen LogP contribution in [0, 0.1) is 0 Å². The Labute approximate surface area is 104 Å². The van der Waals surface area contributed by atoms with Gasteiger partial charge in [0.25, 0.3) is 0 Å². The Hall–Kier alpha value is 0.137. The van der Waals surface area contributed by atoms with Gasteiger partial charge in [-0.05, 0) is 47.1 Å². The van der Waals surface area contributed by atoms with E-state index in [1.54, 1.807) is 0 Å². The van der Waals surface area contributed by atoms with Gasteiger partial charge in [-0.25, -0.2) is 0 Å². The van der Waals surface area contributed by atoms with Crippen LogP contribution in [0.1, 0.15) is 68.2 Å². The van der Waals surface area contributed by atoms with Crippen molar-refractivity contribution in [3.8, 4) is 0 Å². The molecule has 0 aliphatic carbocycles. The Balaban J connectivity index is 4.62. The summed E-state index contributed by atoms with van der Waals surface area (Å²) in [6.45, 7) is 17.1. The lowest BCUT2D eigenvalue weighted by molar-refractivity contribution is 0.0283. The lowest BCUT2D eigenvalue weighted by atomic mass is 10.2. The molecule has 0 N–H and O–H groups in total. The van der Waals surface area contributed by atoms with E-state index in [-0.39, 0.29) is 11.2 Å². The van der Waals surface area contributed by atoms with Crippen molar-refractivity contribution in [3.63, 3.8) is 0 Å². The number of hydrogen-bond donors (Lipinski definition) is 0. The molecule has 0 saturated carbocycles. The third-order valence-electron chi connectivity index (χ3n) is 2.37. The van der Waals surface area contributed by atoms with Crippen LogP contribution in [0.5, 0.6) is 0 Å². The maximum absolute atomic E-state index is 6.17. The summed E-state index contributed by atoms with van der Waals surface area (Å²) < 4.78 is 12.3. The number of hydrogen-bond acceptors (Lipinski definition) is 2. The highest BCUT2D eigenvalue weighted by atomic mass is 28.3. The first-order chi connectivity index (χ1) is 7.09. The highest BCUT2D eigenvalue weighted by Gasteiger charge is 2.32. The molecule has 0 bridgehead atoms. The Kier molecular flexibility index (Phi) is 6.23. The fourth-order valence-corrected chi connectivity index (χ4v) is 4.18. The molecule has 0 aromatic carbocycles. The van der Waals surface area contributed by atoms with Crippen LogP contribution in [0.25, 0.3) is 0 Å². The van der Waals surface area contributed by atoms with Gasteiger partial charge in [-0.2, -0.15) is 0 Å². The minimum Gasteiger partial charge on any atom is -0.391 e. The molecule has 2 nitrogen and oxygen atoms in total. The van der Waals surface area contributed by atoms with Gasteiger partial charge in [-0.3, -0.25) is 0 Å². The van der Waals surface area contributed by atoms with Crippen LogP contribution in [-0.4, -0.2) is 20.5 Å². The molecular formula is C13H30O2Si. The maximum Gasteiger partial charge on any atom is 0.325 e. The highest BCUT2D eigenvalue weighted by molar-refractivity contribution is 6.46. The van der Waals surface area contributed by atoms with Crippen molar-refractivity contribution >= 4 is 9.28 Å². The van der Waals surface area contributed by atoms with E-state index in [4.69, 9.17) is 8.85 Å². The summed E-state index contributed by atoms with van der Waals surface area (Å²) in [4.78, 5) is 0. The van der Waals surface area contributed by atoms with Gasteiger partial charge in [-0.1, -0.05) is 26.7 Å². The van der Waals surface area contributed by atoms with Crippen LogP contribution in [0.15, 0.2) is 0 Å². The minimum absolute atomic E-state index is 0.0925. The molecule has 3 heteroatoms. The van der Waals surface area contributed by atoms with E-state index in [0.29, 0.717) is 5.54 Å². The first kappa shape index (κ1) is 16.1. The summed E-state index contributed by atoms with van der Waals surface area (Å²) in [5, 5.41) is 0. The summed E-state index contributed by atoms with van der Waals surface area (Å²) in [5.74, 6) is 0. The molecule has 98 valence electrons. The largest absolute Gasteiger partial charge is 0.391 e. The van der Waals surface area contributed by atoms with Crippen LogP contribution in [-0.2, 0) is 8.85 Å². The van der Waals surface area contributed by atoms with Gasteiger partial charge in [0.1, 0.15) is 0 Å². The van der Waals surface area contributed by atoms with Gasteiger partial charge in [0.05, 0.1) is 0 Å². The van der Waals surface area contributed by atoms with Gasteiger partial charge in [0, 0.05) is 11.2 Å². The molecule has 0 heterocycles. The molecule has 0 atom stereocenters. The van der Waals surface area contributed by atoms with Crippen LogP contribution >= 0.6 is 0 Å². The molecule has 0 aromatic rings. The van der Waals surface area contributed by atoms with Crippen LogP contribution in [0.4, 0.5) is 0 Å². The van der Waals surface area contributed by atoms with Crippen molar-refractivity contribution in [2.45, 2.75) is 85.0 Å². The van der Waals surface area contributed by atoms with Crippen molar-refractivity contribution in [1.82, 2.24) is 0 Å². The molecular weight excluding hydrogens is 216 g/mol. The molecule has 0 amide bonds. The molecule has 0 aliphatic rings.